The molecule has 0 bridgehead atoms. The highest BCUT2D eigenvalue weighted by molar-refractivity contribution is 5.79. The molecule has 0 amide bonds. The van der Waals surface area contributed by atoms with Crippen molar-refractivity contribution >= 4 is 5.78 Å². The second kappa shape index (κ2) is 5.38. The summed E-state index contributed by atoms with van der Waals surface area (Å²) in [6.07, 6.45) is 10.5. The fourth-order valence-electron chi connectivity index (χ4n) is 8.55. The van der Waals surface area contributed by atoms with Crippen molar-refractivity contribution in [3.05, 3.63) is 34.4 Å². The van der Waals surface area contributed by atoms with Crippen molar-refractivity contribution in [1.82, 2.24) is 0 Å². The van der Waals surface area contributed by atoms with Crippen LogP contribution in [0.5, 0.6) is 0 Å². The summed E-state index contributed by atoms with van der Waals surface area (Å²) in [5, 5.41) is 0. The maximum atomic E-state index is 12.1. The largest absolute Gasteiger partial charge is 0.431 e. The van der Waals surface area contributed by atoms with Gasteiger partial charge in [-0.05, 0) is 79.2 Å². The van der Waals surface area contributed by atoms with E-state index < -0.39 is 0 Å². The number of carbonyl (C=O) groups excluding carboxylic acids is 1. The summed E-state index contributed by atoms with van der Waals surface area (Å²) in [6.45, 7) is 4.92. The van der Waals surface area contributed by atoms with Crippen LogP contribution >= 0.6 is 0 Å². The van der Waals surface area contributed by atoms with Gasteiger partial charge in [-0.2, -0.15) is 0 Å². The minimum Gasteiger partial charge on any atom is -0.431 e. The topological polar surface area (TPSA) is 59.8 Å². The molecule has 8 atom stereocenters. The van der Waals surface area contributed by atoms with Crippen LogP contribution < -0.4 is 5.63 Å². The molecule has 1 saturated heterocycles. The minimum atomic E-state index is -0.273. The van der Waals surface area contributed by atoms with E-state index >= 15 is 0 Å². The molecule has 150 valence electrons. The van der Waals surface area contributed by atoms with Gasteiger partial charge in [0.05, 0.1) is 12.4 Å². The van der Waals surface area contributed by atoms with Gasteiger partial charge in [0.15, 0.2) is 0 Å². The summed E-state index contributed by atoms with van der Waals surface area (Å²) >= 11 is 0. The van der Waals surface area contributed by atoms with E-state index in [9.17, 15) is 9.59 Å². The number of hydrogen-bond acceptors (Lipinski definition) is 4. The normalized spacial score (nSPS) is 51.6. The van der Waals surface area contributed by atoms with E-state index in [2.05, 4.69) is 13.8 Å². The van der Waals surface area contributed by atoms with Gasteiger partial charge < -0.3 is 9.15 Å². The molecule has 1 aromatic rings. The Balaban J connectivity index is 1.36. The number of rotatable bonds is 1. The predicted molar refractivity (Wildman–Crippen MR) is 104 cm³/mol. The maximum absolute atomic E-state index is 12.1. The van der Waals surface area contributed by atoms with Crippen LogP contribution in [0.4, 0.5) is 0 Å². The van der Waals surface area contributed by atoms with Crippen molar-refractivity contribution in [3.8, 4) is 0 Å². The lowest BCUT2D eigenvalue weighted by molar-refractivity contribution is -0.144. The molecule has 0 N–H and O–H groups in total. The molecule has 4 nitrogen and oxygen atoms in total. The number of carbonyl (C=O) groups is 1. The Morgan fingerprint density at radius 1 is 1.04 bits per heavy atom. The first-order chi connectivity index (χ1) is 13.4. The van der Waals surface area contributed by atoms with Crippen LogP contribution in [-0.4, -0.2) is 17.5 Å². The Morgan fingerprint density at radius 3 is 2.68 bits per heavy atom. The van der Waals surface area contributed by atoms with Gasteiger partial charge in [-0.1, -0.05) is 13.8 Å². The lowest BCUT2D eigenvalue weighted by Crippen LogP contribution is -2.58. The third-order valence-electron chi connectivity index (χ3n) is 10.0. The highest BCUT2D eigenvalue weighted by atomic mass is 16.6. The molecule has 0 radical (unpaired) electrons. The van der Waals surface area contributed by atoms with E-state index in [-0.39, 0.29) is 16.6 Å². The highest BCUT2D eigenvalue weighted by Gasteiger charge is 2.80. The Morgan fingerprint density at radius 2 is 1.89 bits per heavy atom. The quantitative estimate of drug-likeness (QED) is 0.673. The van der Waals surface area contributed by atoms with Crippen LogP contribution in [0.15, 0.2) is 27.6 Å². The molecule has 5 fully saturated rings. The van der Waals surface area contributed by atoms with Crippen LogP contribution in [-0.2, 0) is 9.53 Å². The Bertz CT molecular complexity index is 884. The highest BCUT2D eigenvalue weighted by Crippen LogP contribution is 2.77. The SMILES string of the molecule is C[C@]12CCC(=O)CC1CC[C@@H]1C2CC[C@]2(C)C(c3ccc(=O)oc3)C[C@H]3O[C@]132. The molecule has 28 heavy (non-hydrogen) atoms. The molecule has 2 heterocycles. The average Bonchev–Trinajstić information content (AvgIpc) is 3.33. The van der Waals surface area contributed by atoms with Crippen LogP contribution in [0.25, 0.3) is 0 Å². The molecule has 5 aliphatic rings. The van der Waals surface area contributed by atoms with Gasteiger partial charge in [-0.25, -0.2) is 4.79 Å². The second-order valence-electron chi connectivity index (χ2n) is 10.8. The van der Waals surface area contributed by atoms with Crippen molar-refractivity contribution < 1.29 is 13.9 Å². The molecular formula is C24H30O4. The molecule has 1 aromatic heterocycles. The van der Waals surface area contributed by atoms with Crippen molar-refractivity contribution in [3.63, 3.8) is 0 Å². The molecule has 4 saturated carbocycles. The number of epoxide rings is 1. The van der Waals surface area contributed by atoms with Gasteiger partial charge in [0, 0.05) is 24.3 Å². The Hall–Kier alpha value is -1.42. The summed E-state index contributed by atoms with van der Waals surface area (Å²) in [4.78, 5) is 23.5. The van der Waals surface area contributed by atoms with E-state index in [0.717, 1.165) is 25.7 Å². The third-order valence-corrected chi connectivity index (χ3v) is 10.0. The molecule has 6 rings (SSSR count). The van der Waals surface area contributed by atoms with Gasteiger partial charge >= 0.3 is 5.63 Å². The summed E-state index contributed by atoms with van der Waals surface area (Å²) in [5.74, 6) is 2.77. The smallest absolute Gasteiger partial charge is 0.335 e. The van der Waals surface area contributed by atoms with Gasteiger partial charge in [-0.15, -0.1) is 0 Å². The number of fused-ring (bicyclic) bond motifs is 3. The van der Waals surface area contributed by atoms with Crippen molar-refractivity contribution in [1.29, 1.82) is 0 Å². The van der Waals surface area contributed by atoms with Crippen LogP contribution in [0.3, 0.4) is 0 Å². The first-order valence-electron chi connectivity index (χ1n) is 11.2. The molecule has 3 unspecified atom stereocenters. The third kappa shape index (κ3) is 1.96. The first kappa shape index (κ1) is 17.4. The van der Waals surface area contributed by atoms with Gasteiger partial charge in [0.1, 0.15) is 11.4 Å². The lowest BCUT2D eigenvalue weighted by Gasteiger charge is -2.60. The standard InChI is InChI=1S/C24H30O4/c1-22-9-7-16(25)11-15(22)4-5-18-17(22)8-10-23(2)19(12-20-24(18,23)28-20)14-3-6-21(26)27-13-14/h3,6,13,15,17-20H,4-5,7-12H2,1-2H3/t15?,17?,18-,19?,20-,22+,23-,24-/m1/s1. The molecule has 1 aliphatic heterocycles. The minimum absolute atomic E-state index is 0.00611. The van der Waals surface area contributed by atoms with Gasteiger partial charge in [0.2, 0.25) is 0 Å². The van der Waals surface area contributed by atoms with Crippen molar-refractivity contribution in [2.75, 3.05) is 0 Å². The molecule has 0 aromatic carbocycles. The monoisotopic (exact) mass is 382 g/mol. The molecule has 4 heteroatoms. The fraction of sp³-hybridized carbons (Fsp3) is 0.750. The Labute approximate surface area is 166 Å². The zero-order valence-corrected chi connectivity index (χ0v) is 16.9. The first-order valence-corrected chi connectivity index (χ1v) is 11.2. The van der Waals surface area contributed by atoms with Crippen LogP contribution in [0, 0.1) is 28.6 Å². The van der Waals surface area contributed by atoms with Gasteiger partial charge in [0.25, 0.3) is 0 Å². The molecule has 4 aliphatic carbocycles. The summed E-state index contributed by atoms with van der Waals surface area (Å²) in [5.41, 5.74) is 1.32. The van der Waals surface area contributed by atoms with Crippen LogP contribution in [0.2, 0.25) is 0 Å². The number of Topliss-reactive ketones (excluding diaryl/α,β-unsaturated/α-hetero) is 1. The van der Waals surface area contributed by atoms with Crippen molar-refractivity contribution in [2.24, 2.45) is 28.6 Å². The predicted octanol–water partition coefficient (Wildman–Crippen LogP) is 4.47. The summed E-state index contributed by atoms with van der Waals surface area (Å²) in [7, 11) is 0. The fourth-order valence-corrected chi connectivity index (χ4v) is 8.55. The molecule has 1 spiro atoms. The molecular weight excluding hydrogens is 352 g/mol. The number of hydrogen-bond donors (Lipinski definition) is 0. The maximum Gasteiger partial charge on any atom is 0.335 e. The van der Waals surface area contributed by atoms with E-state index in [0.29, 0.717) is 41.0 Å². The van der Waals surface area contributed by atoms with E-state index in [1.54, 1.807) is 12.3 Å². The average molecular weight is 383 g/mol. The second-order valence-corrected chi connectivity index (χ2v) is 10.8. The summed E-state index contributed by atoms with van der Waals surface area (Å²) < 4.78 is 11.8. The van der Waals surface area contributed by atoms with E-state index in [4.69, 9.17) is 9.15 Å². The van der Waals surface area contributed by atoms with E-state index in [1.807, 2.05) is 6.07 Å². The van der Waals surface area contributed by atoms with E-state index in [1.165, 1.54) is 31.2 Å². The summed E-state index contributed by atoms with van der Waals surface area (Å²) in [6, 6.07) is 3.53. The lowest BCUT2D eigenvalue weighted by atomic mass is 9.44. The number of ketones is 1. The zero-order valence-electron chi connectivity index (χ0n) is 16.9. The Kier molecular flexibility index (Phi) is 3.35. The van der Waals surface area contributed by atoms with Crippen molar-refractivity contribution in [2.45, 2.75) is 82.8 Å². The van der Waals surface area contributed by atoms with Gasteiger partial charge in [-0.3, -0.25) is 4.79 Å². The zero-order chi connectivity index (χ0) is 19.3. The van der Waals surface area contributed by atoms with Crippen LogP contribution in [0.1, 0.15) is 76.7 Å². The number of ether oxygens (including phenoxy) is 1.